The van der Waals surface area contributed by atoms with Gasteiger partial charge in [-0.15, -0.1) is 10.2 Å². The Bertz CT molecular complexity index is 724. The lowest BCUT2D eigenvalue weighted by molar-refractivity contribution is 0.605. The first-order valence-electron chi connectivity index (χ1n) is 6.92. The Morgan fingerprint density at radius 2 is 2.15 bits per heavy atom. The monoisotopic (exact) mass is 268 g/mol. The van der Waals surface area contributed by atoms with Gasteiger partial charge in [0.15, 0.2) is 11.5 Å². The van der Waals surface area contributed by atoms with E-state index in [9.17, 15) is 0 Å². The van der Waals surface area contributed by atoms with Crippen molar-refractivity contribution < 1.29 is 0 Å². The Balaban J connectivity index is 1.44. The molecule has 0 aromatic carbocycles. The molecule has 0 bridgehead atoms. The minimum atomic E-state index is 0.670. The van der Waals surface area contributed by atoms with E-state index < -0.39 is 0 Å². The summed E-state index contributed by atoms with van der Waals surface area (Å²) in [6, 6.07) is 6.58. The summed E-state index contributed by atoms with van der Waals surface area (Å²) in [4.78, 5) is 4.24. The van der Waals surface area contributed by atoms with Crippen LogP contribution in [0.2, 0.25) is 0 Å². The molecule has 6 heteroatoms. The second-order valence-electron chi connectivity index (χ2n) is 5.17. The van der Waals surface area contributed by atoms with Gasteiger partial charge in [0.1, 0.15) is 0 Å². The molecule has 3 aromatic heterocycles. The SMILES string of the molecule is c1ccn2c(CNCc3cncn3C3CC3)nnc2c1. The van der Waals surface area contributed by atoms with E-state index in [0.29, 0.717) is 12.6 Å². The number of nitrogens with zero attached hydrogens (tertiary/aromatic N) is 5. The number of imidazole rings is 1. The van der Waals surface area contributed by atoms with Crippen molar-refractivity contribution in [3.8, 4) is 0 Å². The molecule has 1 N–H and O–H groups in total. The van der Waals surface area contributed by atoms with E-state index in [1.807, 2.05) is 41.3 Å². The van der Waals surface area contributed by atoms with E-state index in [1.54, 1.807) is 0 Å². The lowest BCUT2D eigenvalue weighted by Gasteiger charge is -2.07. The third-order valence-electron chi connectivity index (χ3n) is 3.66. The molecule has 1 fully saturated rings. The predicted molar refractivity (Wildman–Crippen MR) is 74.0 cm³/mol. The van der Waals surface area contributed by atoms with E-state index >= 15 is 0 Å². The summed E-state index contributed by atoms with van der Waals surface area (Å²) in [6.45, 7) is 1.50. The zero-order chi connectivity index (χ0) is 13.4. The minimum Gasteiger partial charge on any atom is -0.330 e. The highest BCUT2D eigenvalue weighted by Gasteiger charge is 2.24. The summed E-state index contributed by atoms with van der Waals surface area (Å²) in [5, 5.41) is 11.8. The van der Waals surface area contributed by atoms with Crippen LogP contribution >= 0.6 is 0 Å². The van der Waals surface area contributed by atoms with Crippen molar-refractivity contribution in [2.45, 2.75) is 32.0 Å². The maximum absolute atomic E-state index is 4.24. The molecule has 102 valence electrons. The first kappa shape index (κ1) is 11.6. The molecule has 0 unspecified atom stereocenters. The molecule has 6 nitrogen and oxygen atoms in total. The van der Waals surface area contributed by atoms with E-state index in [2.05, 4.69) is 25.1 Å². The van der Waals surface area contributed by atoms with Gasteiger partial charge in [-0.25, -0.2) is 4.98 Å². The Kier molecular flexibility index (Phi) is 2.74. The van der Waals surface area contributed by atoms with Crippen molar-refractivity contribution in [3.63, 3.8) is 0 Å². The third-order valence-corrected chi connectivity index (χ3v) is 3.66. The average molecular weight is 268 g/mol. The van der Waals surface area contributed by atoms with E-state index in [4.69, 9.17) is 0 Å². The van der Waals surface area contributed by atoms with Crippen molar-refractivity contribution in [2.24, 2.45) is 0 Å². The molecule has 3 heterocycles. The van der Waals surface area contributed by atoms with E-state index in [1.165, 1.54) is 18.5 Å². The molecule has 0 saturated heterocycles. The molecule has 1 aliphatic rings. The molecule has 4 rings (SSSR count). The van der Waals surface area contributed by atoms with Crippen molar-refractivity contribution >= 4 is 5.65 Å². The summed E-state index contributed by atoms with van der Waals surface area (Å²) in [5.41, 5.74) is 2.12. The fraction of sp³-hybridized carbons (Fsp3) is 0.357. The van der Waals surface area contributed by atoms with Gasteiger partial charge in [0.25, 0.3) is 0 Å². The van der Waals surface area contributed by atoms with Gasteiger partial charge in [-0.3, -0.25) is 4.40 Å². The number of hydrogen-bond donors (Lipinski definition) is 1. The van der Waals surface area contributed by atoms with Crippen molar-refractivity contribution in [1.29, 1.82) is 0 Å². The topological polar surface area (TPSA) is 60.0 Å². The lowest BCUT2D eigenvalue weighted by Crippen LogP contribution is -2.17. The summed E-state index contributed by atoms with van der Waals surface area (Å²) in [7, 11) is 0. The van der Waals surface area contributed by atoms with Crippen LogP contribution in [0.4, 0.5) is 0 Å². The first-order valence-corrected chi connectivity index (χ1v) is 6.92. The summed E-state index contributed by atoms with van der Waals surface area (Å²) in [5.74, 6) is 0.929. The highest BCUT2D eigenvalue weighted by molar-refractivity contribution is 5.36. The van der Waals surface area contributed by atoms with Gasteiger partial charge in [-0.2, -0.15) is 0 Å². The standard InChI is InChI=1S/C14H16N6/c1-2-6-19-13(3-1)17-18-14(19)9-15-7-12-8-16-10-20(12)11-4-5-11/h1-3,6,8,10-11,15H,4-5,7,9H2. The van der Waals surface area contributed by atoms with Crippen molar-refractivity contribution in [3.05, 3.63) is 48.4 Å². The summed E-state index contributed by atoms with van der Waals surface area (Å²) < 4.78 is 4.28. The van der Waals surface area contributed by atoms with E-state index in [0.717, 1.165) is 18.0 Å². The number of fused-ring (bicyclic) bond motifs is 1. The minimum absolute atomic E-state index is 0.670. The molecule has 1 saturated carbocycles. The Hall–Kier alpha value is -2.21. The van der Waals surface area contributed by atoms with Crippen LogP contribution < -0.4 is 5.32 Å². The quantitative estimate of drug-likeness (QED) is 0.762. The molecular weight excluding hydrogens is 252 g/mol. The van der Waals surface area contributed by atoms with Crippen molar-refractivity contribution in [2.75, 3.05) is 0 Å². The molecule has 0 radical (unpaired) electrons. The van der Waals surface area contributed by atoms with Gasteiger partial charge >= 0.3 is 0 Å². The van der Waals surface area contributed by atoms with Gasteiger partial charge in [0, 0.05) is 25.0 Å². The first-order chi connectivity index (χ1) is 9.92. The van der Waals surface area contributed by atoms with Gasteiger partial charge in [0.05, 0.1) is 18.6 Å². The molecule has 3 aromatic rings. The molecular formula is C14H16N6. The molecule has 0 spiro atoms. The Morgan fingerprint density at radius 3 is 3.05 bits per heavy atom. The van der Waals surface area contributed by atoms with Crippen LogP contribution in [0.5, 0.6) is 0 Å². The molecule has 20 heavy (non-hydrogen) atoms. The van der Waals surface area contributed by atoms with Crippen LogP contribution in [0, 0.1) is 0 Å². The largest absolute Gasteiger partial charge is 0.330 e. The second kappa shape index (κ2) is 4.72. The maximum atomic E-state index is 4.24. The van der Waals surface area contributed by atoms with Crippen LogP contribution in [0.3, 0.4) is 0 Å². The normalized spacial score (nSPS) is 15.0. The van der Waals surface area contributed by atoms with E-state index in [-0.39, 0.29) is 0 Å². The predicted octanol–water partition coefficient (Wildman–Crippen LogP) is 1.55. The second-order valence-corrected chi connectivity index (χ2v) is 5.17. The summed E-state index contributed by atoms with van der Waals surface area (Å²) in [6.07, 6.45) is 8.41. The number of aromatic nitrogens is 5. The van der Waals surface area contributed by atoms with Gasteiger partial charge in [-0.05, 0) is 25.0 Å². The average Bonchev–Trinajstić information content (AvgIpc) is 3.08. The molecule has 0 amide bonds. The van der Waals surface area contributed by atoms with Crippen LogP contribution in [0.15, 0.2) is 36.9 Å². The number of pyridine rings is 1. The van der Waals surface area contributed by atoms with Crippen LogP contribution in [0.1, 0.15) is 30.4 Å². The summed E-state index contributed by atoms with van der Waals surface area (Å²) >= 11 is 0. The molecule has 0 atom stereocenters. The fourth-order valence-electron chi connectivity index (χ4n) is 2.46. The highest BCUT2D eigenvalue weighted by Crippen LogP contribution is 2.35. The van der Waals surface area contributed by atoms with Gasteiger partial charge in [0.2, 0.25) is 0 Å². The number of hydrogen-bond acceptors (Lipinski definition) is 4. The van der Waals surface area contributed by atoms with Crippen LogP contribution in [0.25, 0.3) is 5.65 Å². The molecule has 0 aliphatic heterocycles. The number of nitrogens with one attached hydrogen (secondary N) is 1. The highest BCUT2D eigenvalue weighted by atomic mass is 15.3. The van der Waals surface area contributed by atoms with Crippen LogP contribution in [-0.2, 0) is 13.1 Å². The maximum Gasteiger partial charge on any atom is 0.160 e. The smallest absolute Gasteiger partial charge is 0.160 e. The zero-order valence-electron chi connectivity index (χ0n) is 11.1. The van der Waals surface area contributed by atoms with Gasteiger partial charge in [-0.1, -0.05) is 6.07 Å². The Morgan fingerprint density at radius 1 is 1.20 bits per heavy atom. The Labute approximate surface area is 116 Å². The van der Waals surface area contributed by atoms with Crippen molar-refractivity contribution in [1.82, 2.24) is 29.5 Å². The third kappa shape index (κ3) is 2.08. The fourth-order valence-corrected chi connectivity index (χ4v) is 2.46. The van der Waals surface area contributed by atoms with Gasteiger partial charge < -0.3 is 9.88 Å². The molecule has 1 aliphatic carbocycles. The number of rotatable bonds is 5. The lowest BCUT2D eigenvalue weighted by atomic mass is 10.4. The zero-order valence-corrected chi connectivity index (χ0v) is 11.1. The van der Waals surface area contributed by atoms with Crippen LogP contribution in [-0.4, -0.2) is 24.1 Å².